The van der Waals surface area contributed by atoms with Crippen LogP contribution in [0.4, 0.5) is 9.59 Å². The molecule has 1 saturated heterocycles. The summed E-state index contributed by atoms with van der Waals surface area (Å²) in [7, 11) is 0. The first-order valence-corrected chi connectivity index (χ1v) is 12.3. The molecule has 2 aromatic carbocycles. The molecule has 3 rings (SSSR count). The molecule has 0 aromatic heterocycles. The van der Waals surface area contributed by atoms with Crippen LogP contribution in [-0.2, 0) is 9.47 Å². The highest BCUT2D eigenvalue weighted by Gasteiger charge is 2.42. The Bertz CT molecular complexity index is 1030. The zero-order chi connectivity index (χ0) is 26.5. The van der Waals surface area contributed by atoms with Crippen molar-refractivity contribution in [1.29, 1.82) is 0 Å². The summed E-state index contributed by atoms with van der Waals surface area (Å²) in [5.74, 6) is 0.674. The van der Waals surface area contributed by atoms with E-state index in [1.54, 1.807) is 41.5 Å². The number of nitrogens with one attached hydrogen (secondary N) is 1. The van der Waals surface area contributed by atoms with E-state index in [4.69, 9.17) is 14.2 Å². The fraction of sp³-hybridized carbons (Fsp3) is 0.500. The molecule has 2 aromatic rings. The number of ether oxygens (including phenoxy) is 3. The van der Waals surface area contributed by atoms with Gasteiger partial charge in [-0.1, -0.05) is 42.5 Å². The normalized spacial score (nSPS) is 18.9. The number of alkyl carbamates (subject to hydrolysis) is 1. The molecule has 36 heavy (non-hydrogen) atoms. The van der Waals surface area contributed by atoms with E-state index in [-0.39, 0.29) is 19.2 Å². The van der Waals surface area contributed by atoms with Crippen molar-refractivity contribution < 1.29 is 28.9 Å². The molecule has 0 radical (unpaired) electrons. The fourth-order valence-electron chi connectivity index (χ4n) is 4.02. The summed E-state index contributed by atoms with van der Waals surface area (Å²) < 4.78 is 17.1. The zero-order valence-corrected chi connectivity index (χ0v) is 22.0. The minimum atomic E-state index is -1.03. The number of carbonyl (C=O) groups is 2. The van der Waals surface area contributed by atoms with Crippen LogP contribution in [0.15, 0.2) is 54.6 Å². The molecule has 2 amide bonds. The van der Waals surface area contributed by atoms with Crippen molar-refractivity contribution in [3.63, 3.8) is 0 Å². The van der Waals surface area contributed by atoms with Gasteiger partial charge in [-0.25, -0.2) is 9.59 Å². The summed E-state index contributed by atoms with van der Waals surface area (Å²) in [5.41, 5.74) is 0.752. The van der Waals surface area contributed by atoms with Crippen LogP contribution in [0.1, 0.15) is 48.0 Å². The number of aliphatic hydroxyl groups excluding tert-OH is 1. The minimum Gasteiger partial charge on any atom is -0.488 e. The lowest BCUT2D eigenvalue weighted by Gasteiger charge is -2.30. The molecule has 3 atom stereocenters. The standard InChI is InChI=1S/C28H38N2O6/c1-27(2,3)35-25(32)29-17-24(31)23-16-22(18-30(23)26(33)36-28(4,5)6)34-21-14-10-13-20(15-21)19-11-8-7-9-12-19/h7-15,22-24,31H,16-18H2,1-6H3,(H,29,32). The van der Waals surface area contributed by atoms with Gasteiger partial charge in [-0.3, -0.25) is 4.90 Å². The molecule has 3 unspecified atom stereocenters. The van der Waals surface area contributed by atoms with Gasteiger partial charge in [0, 0.05) is 13.0 Å². The average molecular weight is 499 g/mol. The molecule has 8 heteroatoms. The van der Waals surface area contributed by atoms with Crippen LogP contribution in [0.5, 0.6) is 5.75 Å². The average Bonchev–Trinajstić information content (AvgIpc) is 3.20. The Morgan fingerprint density at radius 3 is 2.25 bits per heavy atom. The lowest BCUT2D eigenvalue weighted by Crippen LogP contribution is -2.49. The first-order chi connectivity index (χ1) is 16.8. The summed E-state index contributed by atoms with van der Waals surface area (Å²) in [6.07, 6.45) is -2.17. The van der Waals surface area contributed by atoms with Crippen LogP contribution in [0, 0.1) is 0 Å². The van der Waals surface area contributed by atoms with E-state index < -0.39 is 35.5 Å². The van der Waals surface area contributed by atoms with Gasteiger partial charge in [0.1, 0.15) is 23.1 Å². The van der Waals surface area contributed by atoms with Crippen LogP contribution in [0.25, 0.3) is 11.1 Å². The Balaban J connectivity index is 1.71. The Hall–Kier alpha value is -3.26. The third-order valence-electron chi connectivity index (χ3n) is 5.48. The van der Waals surface area contributed by atoms with Gasteiger partial charge in [-0.05, 0) is 64.8 Å². The number of aliphatic hydroxyl groups is 1. The second-order valence-electron chi connectivity index (χ2n) is 11.0. The molecule has 0 spiro atoms. The lowest BCUT2D eigenvalue weighted by molar-refractivity contribution is 0.00420. The number of rotatable bonds is 6. The maximum Gasteiger partial charge on any atom is 0.410 e. The molecule has 0 saturated carbocycles. The summed E-state index contributed by atoms with van der Waals surface area (Å²) in [5, 5.41) is 13.5. The van der Waals surface area contributed by atoms with E-state index in [1.807, 2.05) is 54.6 Å². The van der Waals surface area contributed by atoms with Crippen LogP contribution in [0.3, 0.4) is 0 Å². The first kappa shape index (κ1) is 27.3. The smallest absolute Gasteiger partial charge is 0.410 e. The molecule has 1 fully saturated rings. The largest absolute Gasteiger partial charge is 0.488 e. The van der Waals surface area contributed by atoms with Gasteiger partial charge < -0.3 is 24.6 Å². The monoisotopic (exact) mass is 498 g/mol. The Labute approximate surface area is 213 Å². The number of nitrogens with zero attached hydrogens (tertiary/aromatic N) is 1. The number of hydrogen-bond donors (Lipinski definition) is 2. The highest BCUT2D eigenvalue weighted by atomic mass is 16.6. The maximum absolute atomic E-state index is 13.0. The van der Waals surface area contributed by atoms with Crippen molar-refractivity contribution in [2.24, 2.45) is 0 Å². The van der Waals surface area contributed by atoms with E-state index in [2.05, 4.69) is 5.32 Å². The van der Waals surface area contributed by atoms with Crippen LogP contribution < -0.4 is 10.1 Å². The predicted molar refractivity (Wildman–Crippen MR) is 138 cm³/mol. The molecule has 8 nitrogen and oxygen atoms in total. The lowest BCUT2D eigenvalue weighted by atomic mass is 10.1. The number of carbonyl (C=O) groups excluding carboxylic acids is 2. The van der Waals surface area contributed by atoms with Crippen molar-refractivity contribution in [3.8, 4) is 16.9 Å². The molecule has 0 aliphatic carbocycles. The number of hydrogen-bond acceptors (Lipinski definition) is 6. The van der Waals surface area contributed by atoms with Crippen LogP contribution >= 0.6 is 0 Å². The summed E-state index contributed by atoms with van der Waals surface area (Å²) >= 11 is 0. The number of amides is 2. The van der Waals surface area contributed by atoms with Crippen molar-refractivity contribution in [1.82, 2.24) is 10.2 Å². The van der Waals surface area contributed by atoms with Gasteiger partial charge in [0.05, 0.1) is 18.7 Å². The summed E-state index contributed by atoms with van der Waals surface area (Å²) in [6.45, 7) is 10.8. The van der Waals surface area contributed by atoms with E-state index >= 15 is 0 Å². The predicted octanol–water partition coefficient (Wildman–Crippen LogP) is 5.00. The second-order valence-corrected chi connectivity index (χ2v) is 11.0. The van der Waals surface area contributed by atoms with E-state index in [9.17, 15) is 14.7 Å². The van der Waals surface area contributed by atoms with E-state index in [0.29, 0.717) is 12.2 Å². The van der Waals surface area contributed by atoms with Crippen molar-refractivity contribution in [2.75, 3.05) is 13.1 Å². The highest BCUT2D eigenvalue weighted by molar-refractivity contribution is 5.70. The minimum absolute atomic E-state index is 0.0743. The third kappa shape index (κ3) is 8.16. The molecule has 1 aliphatic heterocycles. The Morgan fingerprint density at radius 1 is 0.972 bits per heavy atom. The quantitative estimate of drug-likeness (QED) is 0.582. The van der Waals surface area contributed by atoms with Gasteiger partial charge in [0.25, 0.3) is 0 Å². The van der Waals surface area contributed by atoms with Crippen molar-refractivity contribution >= 4 is 12.2 Å². The molecule has 0 bridgehead atoms. The van der Waals surface area contributed by atoms with Gasteiger partial charge in [0.15, 0.2) is 0 Å². The molecule has 2 N–H and O–H groups in total. The molecule has 1 aliphatic rings. The topological polar surface area (TPSA) is 97.3 Å². The molecule has 196 valence electrons. The zero-order valence-electron chi connectivity index (χ0n) is 22.0. The van der Waals surface area contributed by atoms with E-state index in [1.165, 1.54) is 4.90 Å². The summed E-state index contributed by atoms with van der Waals surface area (Å²) in [4.78, 5) is 26.5. The summed E-state index contributed by atoms with van der Waals surface area (Å²) in [6, 6.07) is 17.2. The van der Waals surface area contributed by atoms with Crippen LogP contribution in [-0.4, -0.2) is 64.7 Å². The molecular weight excluding hydrogens is 460 g/mol. The van der Waals surface area contributed by atoms with Gasteiger partial charge in [-0.15, -0.1) is 0 Å². The van der Waals surface area contributed by atoms with Crippen LogP contribution in [0.2, 0.25) is 0 Å². The maximum atomic E-state index is 13.0. The number of likely N-dealkylation sites (tertiary alicyclic amines) is 1. The van der Waals surface area contributed by atoms with Crippen molar-refractivity contribution in [2.45, 2.75) is 77.4 Å². The van der Waals surface area contributed by atoms with Gasteiger partial charge in [0.2, 0.25) is 0 Å². The SMILES string of the molecule is CC(C)(C)OC(=O)NCC(O)C1CC(Oc2cccc(-c3ccccc3)c2)CN1C(=O)OC(C)(C)C. The van der Waals surface area contributed by atoms with Gasteiger partial charge >= 0.3 is 12.2 Å². The second kappa shape index (κ2) is 11.2. The fourth-order valence-corrected chi connectivity index (χ4v) is 4.02. The first-order valence-electron chi connectivity index (χ1n) is 12.3. The Kier molecular flexibility index (Phi) is 8.51. The van der Waals surface area contributed by atoms with Crippen molar-refractivity contribution in [3.05, 3.63) is 54.6 Å². The Morgan fingerprint density at radius 2 is 1.61 bits per heavy atom. The number of benzene rings is 2. The highest BCUT2D eigenvalue weighted by Crippen LogP contribution is 2.29. The molecule has 1 heterocycles. The van der Waals surface area contributed by atoms with E-state index in [0.717, 1.165) is 11.1 Å². The third-order valence-corrected chi connectivity index (χ3v) is 5.48. The molecular formula is C28H38N2O6. The van der Waals surface area contributed by atoms with Gasteiger partial charge in [-0.2, -0.15) is 0 Å².